The number of hydrogen-bond donors (Lipinski definition) is 4. The highest BCUT2D eigenvalue weighted by Crippen LogP contribution is 1.85. The highest BCUT2D eigenvalue weighted by Gasteiger charge is 1.95. The van der Waals surface area contributed by atoms with Crippen molar-refractivity contribution in [3.8, 4) is 0 Å². The van der Waals surface area contributed by atoms with Gasteiger partial charge in [-0.05, 0) is 31.5 Å². The lowest BCUT2D eigenvalue weighted by molar-refractivity contribution is 0.0198. The minimum Gasteiger partial charge on any atom is -0.412 e. The second-order valence-corrected chi connectivity index (χ2v) is 2.97. The van der Waals surface area contributed by atoms with E-state index in [0.29, 0.717) is 6.73 Å². The minimum absolute atomic E-state index is 0. The summed E-state index contributed by atoms with van der Waals surface area (Å²) in [7, 11) is 0. The Morgan fingerprint density at radius 2 is 1.65 bits per heavy atom. The molecule has 0 fully saturated rings. The van der Waals surface area contributed by atoms with Crippen LogP contribution in [0.2, 0.25) is 0 Å². The van der Waals surface area contributed by atoms with Gasteiger partial charge in [0.05, 0.1) is 12.7 Å². The Bertz CT molecular complexity index is 230. The van der Waals surface area contributed by atoms with Gasteiger partial charge in [0.25, 0.3) is 0 Å². The van der Waals surface area contributed by atoms with E-state index in [0.717, 1.165) is 0 Å². The standard InChI is InChI=1S/C11H20N2O3.H2O/c1-11(8-14)16-10-13-7-5-3-2-4-6-12-9-15;/h2-7,11-15H,8-10H2,1H3;1H2/b3-2+,6-4+,7-5+;. The van der Waals surface area contributed by atoms with Gasteiger partial charge in [0, 0.05) is 0 Å². The average Bonchev–Trinajstić information content (AvgIpc) is 2.31. The lowest BCUT2D eigenvalue weighted by Crippen LogP contribution is -2.20. The van der Waals surface area contributed by atoms with Gasteiger partial charge in [0.1, 0.15) is 13.5 Å². The Balaban J connectivity index is 0. The summed E-state index contributed by atoms with van der Waals surface area (Å²) in [6, 6.07) is 0. The normalized spacial score (nSPS) is 13.1. The predicted molar refractivity (Wildman–Crippen MR) is 66.9 cm³/mol. The molecule has 0 aromatic heterocycles. The molecule has 0 amide bonds. The van der Waals surface area contributed by atoms with Crippen molar-refractivity contribution in [1.82, 2.24) is 10.6 Å². The fraction of sp³-hybridized carbons (Fsp3) is 0.455. The van der Waals surface area contributed by atoms with E-state index in [-0.39, 0.29) is 24.9 Å². The first-order valence-electron chi connectivity index (χ1n) is 5.09. The molecule has 6 N–H and O–H groups in total. The van der Waals surface area contributed by atoms with Crippen LogP contribution >= 0.6 is 0 Å². The zero-order chi connectivity index (χ0) is 12.1. The first kappa shape index (κ1) is 18.0. The molecule has 0 rings (SSSR count). The van der Waals surface area contributed by atoms with E-state index in [9.17, 15) is 0 Å². The van der Waals surface area contributed by atoms with Crippen LogP contribution in [-0.2, 0) is 4.74 Å². The van der Waals surface area contributed by atoms with Gasteiger partial charge in [-0.1, -0.05) is 12.2 Å². The molecule has 1 unspecified atom stereocenters. The first-order chi connectivity index (χ1) is 7.81. The van der Waals surface area contributed by atoms with Crippen LogP contribution in [0.4, 0.5) is 0 Å². The highest BCUT2D eigenvalue weighted by molar-refractivity contribution is 5.09. The molecule has 6 nitrogen and oxygen atoms in total. The van der Waals surface area contributed by atoms with Crippen molar-refractivity contribution in [1.29, 1.82) is 0 Å². The predicted octanol–water partition coefficient (Wildman–Crippen LogP) is -0.771. The summed E-state index contributed by atoms with van der Waals surface area (Å²) in [6.07, 6.45) is 10.5. The third-order valence-corrected chi connectivity index (χ3v) is 1.56. The number of nitrogens with one attached hydrogen (secondary N) is 2. The van der Waals surface area contributed by atoms with Gasteiger partial charge in [0.2, 0.25) is 0 Å². The number of allylic oxidation sites excluding steroid dienone is 4. The Morgan fingerprint density at radius 3 is 2.18 bits per heavy atom. The summed E-state index contributed by atoms with van der Waals surface area (Å²) >= 11 is 0. The fourth-order valence-electron chi connectivity index (χ4n) is 0.719. The van der Waals surface area contributed by atoms with Crippen LogP contribution in [0.5, 0.6) is 0 Å². The fourth-order valence-corrected chi connectivity index (χ4v) is 0.719. The molecule has 0 heterocycles. The molecule has 0 spiro atoms. The summed E-state index contributed by atoms with van der Waals surface area (Å²) in [4.78, 5) is 0. The van der Waals surface area contributed by atoms with Gasteiger partial charge in [0.15, 0.2) is 0 Å². The monoisotopic (exact) mass is 246 g/mol. The number of hydrogen-bond acceptors (Lipinski definition) is 5. The largest absolute Gasteiger partial charge is 0.412 e. The first-order valence-corrected chi connectivity index (χ1v) is 5.09. The van der Waals surface area contributed by atoms with E-state index in [1.54, 1.807) is 25.4 Å². The van der Waals surface area contributed by atoms with Gasteiger partial charge < -0.3 is 31.1 Å². The maximum atomic E-state index is 8.67. The molecule has 0 bridgehead atoms. The van der Waals surface area contributed by atoms with E-state index >= 15 is 0 Å². The summed E-state index contributed by atoms with van der Waals surface area (Å²) in [5.41, 5.74) is 0. The molecule has 17 heavy (non-hydrogen) atoms. The molecular formula is C11H22N2O4. The molecule has 0 aromatic carbocycles. The Hall–Kier alpha value is -1.34. The van der Waals surface area contributed by atoms with Crippen LogP contribution in [0, 0.1) is 0 Å². The van der Waals surface area contributed by atoms with Crippen LogP contribution < -0.4 is 10.6 Å². The lowest BCUT2D eigenvalue weighted by Gasteiger charge is -2.08. The smallest absolute Gasteiger partial charge is 0.116 e. The van der Waals surface area contributed by atoms with Crippen LogP contribution in [0.1, 0.15) is 6.92 Å². The molecule has 0 radical (unpaired) electrons. The second kappa shape index (κ2) is 14.7. The highest BCUT2D eigenvalue weighted by atomic mass is 16.5. The molecule has 0 aliphatic heterocycles. The van der Waals surface area contributed by atoms with Crippen molar-refractivity contribution in [3.05, 3.63) is 36.7 Å². The topological polar surface area (TPSA) is 105 Å². The van der Waals surface area contributed by atoms with Crippen molar-refractivity contribution in [2.24, 2.45) is 0 Å². The summed E-state index contributed by atoms with van der Waals surface area (Å²) in [6.45, 7) is 2.12. The molecule has 1 atom stereocenters. The number of aliphatic hydroxyl groups is 2. The van der Waals surface area contributed by atoms with Gasteiger partial charge in [-0.2, -0.15) is 0 Å². The zero-order valence-electron chi connectivity index (χ0n) is 9.97. The Morgan fingerprint density at radius 1 is 1.06 bits per heavy atom. The molecule has 6 heteroatoms. The Labute approximate surface area is 102 Å². The van der Waals surface area contributed by atoms with Crippen molar-refractivity contribution in [2.45, 2.75) is 13.0 Å². The third kappa shape index (κ3) is 14.7. The molecule has 0 saturated carbocycles. The van der Waals surface area contributed by atoms with Crippen molar-refractivity contribution >= 4 is 0 Å². The SMILES string of the molecule is CC(CO)OCN/C=C/C=C/C=C/NCO.O. The van der Waals surface area contributed by atoms with Crippen molar-refractivity contribution in [2.75, 3.05) is 20.1 Å². The average molecular weight is 246 g/mol. The zero-order valence-corrected chi connectivity index (χ0v) is 9.97. The summed E-state index contributed by atoms with van der Waals surface area (Å²) in [5.74, 6) is 0. The van der Waals surface area contributed by atoms with Crippen LogP contribution in [0.15, 0.2) is 36.7 Å². The molecule has 0 aromatic rings. The molecule has 0 aliphatic rings. The maximum Gasteiger partial charge on any atom is 0.116 e. The summed E-state index contributed by atoms with van der Waals surface area (Å²) in [5, 5.41) is 22.6. The second-order valence-electron chi connectivity index (χ2n) is 2.97. The van der Waals surface area contributed by atoms with E-state index in [1.165, 1.54) is 0 Å². The van der Waals surface area contributed by atoms with Crippen molar-refractivity contribution < 1.29 is 20.4 Å². The molecule has 0 saturated heterocycles. The van der Waals surface area contributed by atoms with E-state index < -0.39 is 0 Å². The van der Waals surface area contributed by atoms with Crippen LogP contribution in [0.25, 0.3) is 0 Å². The van der Waals surface area contributed by atoms with Crippen LogP contribution in [0.3, 0.4) is 0 Å². The number of rotatable bonds is 9. The minimum atomic E-state index is -0.149. The van der Waals surface area contributed by atoms with Crippen molar-refractivity contribution in [3.63, 3.8) is 0 Å². The third-order valence-electron chi connectivity index (χ3n) is 1.56. The van der Waals surface area contributed by atoms with Crippen LogP contribution in [-0.4, -0.2) is 41.9 Å². The quantitative estimate of drug-likeness (QED) is 0.243. The molecular weight excluding hydrogens is 224 g/mol. The maximum absolute atomic E-state index is 8.67. The van der Waals surface area contributed by atoms with Gasteiger partial charge in [-0.3, -0.25) is 0 Å². The Kier molecular flexibility index (Phi) is 15.6. The van der Waals surface area contributed by atoms with E-state index in [4.69, 9.17) is 14.9 Å². The van der Waals surface area contributed by atoms with Gasteiger partial charge >= 0.3 is 0 Å². The van der Waals surface area contributed by atoms with E-state index in [1.807, 2.05) is 18.2 Å². The number of aliphatic hydroxyl groups excluding tert-OH is 2. The van der Waals surface area contributed by atoms with E-state index in [2.05, 4.69) is 10.6 Å². The lowest BCUT2D eigenvalue weighted by atomic mass is 10.4. The molecule has 0 aliphatic carbocycles. The number of ether oxygens (including phenoxy) is 1. The summed E-state index contributed by atoms with van der Waals surface area (Å²) < 4.78 is 5.16. The van der Waals surface area contributed by atoms with Gasteiger partial charge in [-0.15, -0.1) is 0 Å². The van der Waals surface area contributed by atoms with Gasteiger partial charge in [-0.25, -0.2) is 0 Å². The molecule has 100 valence electrons.